The molecule has 0 saturated carbocycles. The first-order valence-corrected chi connectivity index (χ1v) is 7.52. The van der Waals surface area contributed by atoms with Crippen LogP contribution < -0.4 is 10.1 Å². The summed E-state index contributed by atoms with van der Waals surface area (Å²) in [5.41, 5.74) is -1.61. The van der Waals surface area contributed by atoms with Crippen molar-refractivity contribution < 1.29 is 36.0 Å². The topological polar surface area (TPSA) is 29.5 Å². The molecule has 27 heavy (non-hydrogen) atoms. The van der Waals surface area contributed by atoms with E-state index in [9.17, 15) is 31.4 Å². The van der Waals surface area contributed by atoms with Crippen LogP contribution in [0.25, 0.3) is 11.1 Å². The molecule has 0 radical (unpaired) electrons. The molecule has 0 atom stereocenters. The number of rotatable bonds is 4. The molecule has 0 amide bonds. The van der Waals surface area contributed by atoms with Crippen LogP contribution in [0.2, 0.25) is 0 Å². The van der Waals surface area contributed by atoms with Crippen LogP contribution in [-0.2, 0) is 0 Å². The minimum atomic E-state index is -2.28. The molecule has 1 N–H and O–H groups in total. The van der Waals surface area contributed by atoms with E-state index in [0.29, 0.717) is 18.2 Å². The SMILES string of the molecule is OB(Oc1ccccc1-c1ccc(F)c(F)c1F)c1c(F)ccc(F)c1F. The van der Waals surface area contributed by atoms with Crippen molar-refractivity contribution in [2.75, 3.05) is 0 Å². The van der Waals surface area contributed by atoms with Crippen molar-refractivity contribution in [3.05, 3.63) is 83.4 Å². The quantitative estimate of drug-likeness (QED) is 0.321. The predicted molar refractivity (Wildman–Crippen MR) is 86.3 cm³/mol. The molecular weight excluding hydrogens is 373 g/mol. The Morgan fingerprint density at radius 3 is 1.96 bits per heavy atom. The van der Waals surface area contributed by atoms with Gasteiger partial charge in [-0.05, 0) is 30.3 Å². The molecule has 0 aliphatic carbocycles. The van der Waals surface area contributed by atoms with Gasteiger partial charge in [-0.3, -0.25) is 0 Å². The van der Waals surface area contributed by atoms with E-state index in [1.54, 1.807) is 0 Å². The predicted octanol–water partition coefficient (Wildman–Crippen LogP) is 3.95. The third-order valence-corrected chi connectivity index (χ3v) is 3.78. The highest BCUT2D eigenvalue weighted by atomic mass is 19.2. The van der Waals surface area contributed by atoms with Crippen LogP contribution >= 0.6 is 0 Å². The van der Waals surface area contributed by atoms with Crippen LogP contribution in [0.15, 0.2) is 48.5 Å². The van der Waals surface area contributed by atoms with Gasteiger partial charge in [-0.2, -0.15) is 0 Å². The van der Waals surface area contributed by atoms with E-state index < -0.39 is 53.0 Å². The van der Waals surface area contributed by atoms with Crippen molar-refractivity contribution >= 4 is 12.6 Å². The van der Waals surface area contributed by atoms with Crippen LogP contribution in [0, 0.1) is 34.9 Å². The lowest BCUT2D eigenvalue weighted by molar-refractivity contribution is 0.422. The van der Waals surface area contributed by atoms with Crippen molar-refractivity contribution in [3.8, 4) is 16.9 Å². The number of para-hydroxylation sites is 1. The zero-order valence-corrected chi connectivity index (χ0v) is 13.3. The van der Waals surface area contributed by atoms with Gasteiger partial charge in [0.05, 0.1) is 5.46 Å². The maximum atomic E-state index is 14.1. The summed E-state index contributed by atoms with van der Waals surface area (Å²) in [5, 5.41) is 10.0. The zero-order chi connectivity index (χ0) is 19.7. The summed E-state index contributed by atoms with van der Waals surface area (Å²) in [4.78, 5) is 0. The van der Waals surface area contributed by atoms with E-state index in [2.05, 4.69) is 0 Å². The molecule has 0 fully saturated rings. The normalized spacial score (nSPS) is 10.8. The molecule has 0 aliphatic rings. The summed E-state index contributed by atoms with van der Waals surface area (Å²) in [6.45, 7) is 0. The number of halogens is 6. The van der Waals surface area contributed by atoms with Gasteiger partial charge in [0.1, 0.15) is 11.6 Å². The van der Waals surface area contributed by atoms with E-state index in [1.807, 2.05) is 0 Å². The summed E-state index contributed by atoms with van der Waals surface area (Å²) in [6, 6.07) is 8.02. The average Bonchev–Trinajstić information content (AvgIpc) is 2.64. The van der Waals surface area contributed by atoms with E-state index >= 15 is 0 Å². The van der Waals surface area contributed by atoms with Crippen molar-refractivity contribution in [2.24, 2.45) is 0 Å². The fraction of sp³-hybridized carbons (Fsp3) is 0. The van der Waals surface area contributed by atoms with Gasteiger partial charge in [0.25, 0.3) is 0 Å². The van der Waals surface area contributed by atoms with Gasteiger partial charge in [0.15, 0.2) is 29.1 Å². The monoisotopic (exact) mass is 382 g/mol. The molecule has 0 spiro atoms. The fourth-order valence-corrected chi connectivity index (χ4v) is 2.47. The molecule has 0 aromatic heterocycles. The number of hydrogen-bond acceptors (Lipinski definition) is 2. The molecule has 2 nitrogen and oxygen atoms in total. The first-order chi connectivity index (χ1) is 12.8. The second-order valence-electron chi connectivity index (χ2n) is 5.45. The Balaban J connectivity index is 2.04. The highest BCUT2D eigenvalue weighted by Crippen LogP contribution is 2.33. The zero-order valence-electron chi connectivity index (χ0n) is 13.3. The first kappa shape index (κ1) is 18.8. The lowest BCUT2D eigenvalue weighted by atomic mass is 9.78. The molecule has 0 unspecified atom stereocenters. The lowest BCUT2D eigenvalue weighted by Crippen LogP contribution is -2.41. The maximum Gasteiger partial charge on any atom is 0.566 e. The Bertz CT molecular complexity index is 1010. The Hall–Kier alpha value is -2.94. The Morgan fingerprint density at radius 2 is 1.22 bits per heavy atom. The Labute approximate surface area is 149 Å². The maximum absolute atomic E-state index is 14.1. The van der Waals surface area contributed by atoms with E-state index in [0.717, 1.165) is 6.07 Å². The molecule has 0 heterocycles. The lowest BCUT2D eigenvalue weighted by Gasteiger charge is -2.16. The van der Waals surface area contributed by atoms with E-state index in [-0.39, 0.29) is 11.3 Å². The van der Waals surface area contributed by atoms with Crippen molar-refractivity contribution in [1.29, 1.82) is 0 Å². The molecule has 9 heteroatoms. The largest absolute Gasteiger partial charge is 0.566 e. The summed E-state index contributed by atoms with van der Waals surface area (Å²) in [6.07, 6.45) is 0. The van der Waals surface area contributed by atoms with E-state index in [1.165, 1.54) is 24.3 Å². The molecule has 0 bridgehead atoms. The number of benzene rings is 3. The van der Waals surface area contributed by atoms with Gasteiger partial charge in [0, 0.05) is 11.1 Å². The molecule has 3 aromatic rings. The van der Waals surface area contributed by atoms with Crippen LogP contribution in [0.1, 0.15) is 0 Å². The fourth-order valence-electron chi connectivity index (χ4n) is 2.47. The molecule has 0 aliphatic heterocycles. The molecule has 138 valence electrons. The molecule has 3 aromatic carbocycles. The summed E-state index contributed by atoms with van der Waals surface area (Å²) < 4.78 is 86.6. The third kappa shape index (κ3) is 3.50. The van der Waals surface area contributed by atoms with Gasteiger partial charge >= 0.3 is 7.12 Å². The van der Waals surface area contributed by atoms with E-state index in [4.69, 9.17) is 4.65 Å². The van der Waals surface area contributed by atoms with Crippen LogP contribution in [0.3, 0.4) is 0 Å². The molecule has 3 rings (SSSR count). The second-order valence-corrected chi connectivity index (χ2v) is 5.45. The Morgan fingerprint density at radius 1 is 0.630 bits per heavy atom. The van der Waals surface area contributed by atoms with Crippen molar-refractivity contribution in [1.82, 2.24) is 0 Å². The second kappa shape index (κ2) is 7.36. The highest BCUT2D eigenvalue weighted by Gasteiger charge is 2.30. The van der Waals surface area contributed by atoms with Crippen molar-refractivity contribution in [2.45, 2.75) is 0 Å². The van der Waals surface area contributed by atoms with Gasteiger partial charge in [0.2, 0.25) is 0 Å². The minimum absolute atomic E-state index is 0.120. The van der Waals surface area contributed by atoms with Gasteiger partial charge in [-0.15, -0.1) is 0 Å². The van der Waals surface area contributed by atoms with Gasteiger partial charge < -0.3 is 9.68 Å². The number of hydrogen-bond donors (Lipinski definition) is 1. The van der Waals surface area contributed by atoms with Crippen LogP contribution in [0.5, 0.6) is 5.75 Å². The standard InChI is InChI=1S/C18H9BF6O2/c20-11-7-8-12(21)17(24)15(11)19(26)27-14-4-2-1-3-9(14)10-5-6-13(22)18(25)16(10)23/h1-8,26H. The average molecular weight is 382 g/mol. The summed E-state index contributed by atoms with van der Waals surface area (Å²) in [7, 11) is -2.28. The highest BCUT2D eigenvalue weighted by molar-refractivity contribution is 6.61. The molecule has 0 saturated heterocycles. The third-order valence-electron chi connectivity index (χ3n) is 3.78. The van der Waals surface area contributed by atoms with Crippen LogP contribution in [-0.4, -0.2) is 12.1 Å². The van der Waals surface area contributed by atoms with Gasteiger partial charge in [-0.25, -0.2) is 26.3 Å². The smallest absolute Gasteiger partial charge is 0.532 e. The Kier molecular flexibility index (Phi) is 5.14. The minimum Gasteiger partial charge on any atom is -0.532 e. The summed E-state index contributed by atoms with van der Waals surface area (Å²) in [5.74, 6) is -9.25. The molecular formula is C18H9BF6O2. The first-order valence-electron chi connectivity index (χ1n) is 7.52. The summed E-state index contributed by atoms with van der Waals surface area (Å²) >= 11 is 0. The van der Waals surface area contributed by atoms with Crippen LogP contribution in [0.4, 0.5) is 26.3 Å². The van der Waals surface area contributed by atoms with Gasteiger partial charge in [-0.1, -0.05) is 18.2 Å². The van der Waals surface area contributed by atoms with Crippen molar-refractivity contribution in [3.63, 3.8) is 0 Å².